The van der Waals surface area contributed by atoms with Crippen LogP contribution >= 0.6 is 22.9 Å². The van der Waals surface area contributed by atoms with Crippen LogP contribution in [-0.4, -0.2) is 30.9 Å². The van der Waals surface area contributed by atoms with Gasteiger partial charge in [-0.2, -0.15) is 4.52 Å². The van der Waals surface area contributed by atoms with Gasteiger partial charge in [-0.05, 0) is 41.1 Å². The average Bonchev–Trinajstić information content (AvgIpc) is 3.28. The molecule has 0 unspecified atom stereocenters. The van der Waals surface area contributed by atoms with Gasteiger partial charge in [-0.15, -0.1) is 5.10 Å². The molecule has 8 nitrogen and oxygen atoms in total. The minimum Gasteiger partial charge on any atom is -0.320 e. The smallest absolute Gasteiger partial charge is 0.267 e. The summed E-state index contributed by atoms with van der Waals surface area (Å²) in [6, 6.07) is 10.9. The molecule has 1 amide bonds. The number of tetrazole rings is 1. The van der Waals surface area contributed by atoms with Crippen molar-refractivity contribution in [2.45, 2.75) is 6.92 Å². The molecule has 0 radical (unpaired) electrons. The first-order valence-corrected chi connectivity index (χ1v) is 8.78. The molecular formula is C16H12ClN7OS. The molecule has 1 aromatic carbocycles. The Morgan fingerprint density at radius 3 is 2.92 bits per heavy atom. The zero-order valence-corrected chi connectivity index (χ0v) is 15.0. The number of benzene rings is 1. The molecular weight excluding hydrogens is 374 g/mol. The normalized spacial score (nSPS) is 10.8. The number of aromatic nitrogens is 5. The maximum atomic E-state index is 12.5. The standard InChI is InChI=1S/C16H12ClN7OS/c1-9-4-2-5-10(17)14(9)20-15(25)11-8-18-16(26-11)19-12-6-3-7-13-21-22-23-24(12)13/h2-8H,1H3,(H,18,19)(H,20,25). The summed E-state index contributed by atoms with van der Waals surface area (Å²) in [5, 5.41) is 18.4. The third-order valence-corrected chi connectivity index (χ3v) is 4.87. The first kappa shape index (κ1) is 16.4. The van der Waals surface area contributed by atoms with Crippen molar-refractivity contribution in [2.24, 2.45) is 0 Å². The Labute approximate surface area is 156 Å². The minimum absolute atomic E-state index is 0.271. The number of thiazole rings is 1. The molecule has 0 atom stereocenters. The summed E-state index contributed by atoms with van der Waals surface area (Å²) in [4.78, 5) is 17.2. The molecule has 0 aliphatic rings. The molecule has 10 heteroatoms. The average molecular weight is 386 g/mol. The van der Waals surface area contributed by atoms with Crippen molar-refractivity contribution in [1.29, 1.82) is 0 Å². The summed E-state index contributed by atoms with van der Waals surface area (Å²) in [6.07, 6.45) is 1.51. The lowest BCUT2D eigenvalue weighted by Gasteiger charge is -2.08. The van der Waals surface area contributed by atoms with Crippen LogP contribution in [0.2, 0.25) is 5.02 Å². The highest BCUT2D eigenvalue weighted by molar-refractivity contribution is 7.17. The lowest BCUT2D eigenvalue weighted by molar-refractivity contribution is 0.103. The van der Waals surface area contributed by atoms with Crippen LogP contribution in [0.5, 0.6) is 0 Å². The number of amides is 1. The van der Waals surface area contributed by atoms with E-state index in [0.29, 0.717) is 32.2 Å². The number of halogens is 1. The highest BCUT2D eigenvalue weighted by atomic mass is 35.5. The molecule has 2 N–H and O–H groups in total. The van der Waals surface area contributed by atoms with Gasteiger partial charge in [0.05, 0.1) is 16.9 Å². The number of hydrogen-bond donors (Lipinski definition) is 2. The fraction of sp³-hybridized carbons (Fsp3) is 0.0625. The number of aryl methyl sites for hydroxylation is 1. The fourth-order valence-electron chi connectivity index (χ4n) is 2.37. The number of nitrogens with one attached hydrogen (secondary N) is 2. The molecule has 26 heavy (non-hydrogen) atoms. The highest BCUT2D eigenvalue weighted by Crippen LogP contribution is 2.28. The zero-order valence-electron chi connectivity index (χ0n) is 13.5. The Kier molecular flexibility index (Phi) is 4.23. The van der Waals surface area contributed by atoms with E-state index in [2.05, 4.69) is 31.1 Å². The van der Waals surface area contributed by atoms with Gasteiger partial charge in [0.15, 0.2) is 10.8 Å². The second kappa shape index (κ2) is 6.70. The number of hydrogen-bond acceptors (Lipinski definition) is 7. The number of anilines is 3. The molecule has 0 saturated carbocycles. The van der Waals surface area contributed by atoms with E-state index in [1.165, 1.54) is 17.5 Å². The van der Waals surface area contributed by atoms with Crippen molar-refractivity contribution in [3.63, 3.8) is 0 Å². The van der Waals surface area contributed by atoms with Gasteiger partial charge in [-0.1, -0.05) is 41.1 Å². The van der Waals surface area contributed by atoms with Crippen molar-refractivity contribution in [1.82, 2.24) is 25.0 Å². The number of fused-ring (bicyclic) bond motifs is 1. The summed E-state index contributed by atoms with van der Waals surface area (Å²) in [7, 11) is 0. The largest absolute Gasteiger partial charge is 0.320 e. The third-order valence-electron chi connectivity index (χ3n) is 3.65. The van der Waals surface area contributed by atoms with E-state index in [9.17, 15) is 4.79 Å². The first-order chi connectivity index (χ1) is 12.6. The number of carbonyl (C=O) groups is 1. The second-order valence-electron chi connectivity index (χ2n) is 5.40. The molecule has 3 heterocycles. The van der Waals surface area contributed by atoms with Crippen molar-refractivity contribution in [3.8, 4) is 0 Å². The summed E-state index contributed by atoms with van der Waals surface area (Å²) < 4.78 is 1.55. The van der Waals surface area contributed by atoms with Crippen molar-refractivity contribution in [2.75, 3.05) is 10.6 Å². The predicted molar refractivity (Wildman–Crippen MR) is 100 cm³/mol. The molecule has 0 saturated heterocycles. The molecule has 4 rings (SSSR count). The minimum atomic E-state index is -0.271. The van der Waals surface area contributed by atoms with E-state index in [1.807, 2.05) is 31.2 Å². The number of rotatable bonds is 4. The van der Waals surface area contributed by atoms with Crippen molar-refractivity contribution in [3.05, 3.63) is 58.1 Å². The lowest BCUT2D eigenvalue weighted by atomic mass is 10.2. The Balaban J connectivity index is 1.54. The second-order valence-corrected chi connectivity index (χ2v) is 6.84. The van der Waals surface area contributed by atoms with Crippen LogP contribution in [0.15, 0.2) is 42.6 Å². The number of para-hydroxylation sites is 1. The van der Waals surface area contributed by atoms with Crippen molar-refractivity contribution >= 4 is 51.1 Å². The van der Waals surface area contributed by atoms with Crippen LogP contribution in [0.4, 0.5) is 16.6 Å². The van der Waals surface area contributed by atoms with E-state index in [4.69, 9.17) is 11.6 Å². The van der Waals surface area contributed by atoms with Crippen LogP contribution in [-0.2, 0) is 0 Å². The lowest BCUT2D eigenvalue weighted by Crippen LogP contribution is -2.11. The van der Waals surface area contributed by atoms with Crippen LogP contribution in [0.25, 0.3) is 5.65 Å². The Morgan fingerprint density at radius 2 is 2.08 bits per heavy atom. The Hall–Kier alpha value is -3.04. The SMILES string of the molecule is Cc1cccc(Cl)c1NC(=O)c1cnc(Nc2cccc3nnnn23)s1. The summed E-state index contributed by atoms with van der Waals surface area (Å²) in [6.45, 7) is 1.88. The van der Waals surface area contributed by atoms with Crippen LogP contribution in [0.1, 0.15) is 15.2 Å². The van der Waals surface area contributed by atoms with Gasteiger partial charge < -0.3 is 10.6 Å². The molecule has 0 aliphatic heterocycles. The van der Waals surface area contributed by atoms with E-state index in [1.54, 1.807) is 16.6 Å². The van der Waals surface area contributed by atoms with Gasteiger partial charge in [0.1, 0.15) is 10.7 Å². The van der Waals surface area contributed by atoms with Gasteiger partial charge in [0.2, 0.25) is 0 Å². The van der Waals surface area contributed by atoms with E-state index in [-0.39, 0.29) is 5.91 Å². The predicted octanol–water partition coefficient (Wildman–Crippen LogP) is 3.54. The Bertz CT molecular complexity index is 1090. The summed E-state index contributed by atoms with van der Waals surface area (Å²) in [5.41, 5.74) is 2.10. The van der Waals surface area contributed by atoms with E-state index >= 15 is 0 Å². The maximum absolute atomic E-state index is 12.5. The summed E-state index contributed by atoms with van der Waals surface area (Å²) >= 11 is 7.38. The number of carbonyl (C=O) groups excluding carboxylic acids is 1. The van der Waals surface area contributed by atoms with Crippen molar-refractivity contribution < 1.29 is 4.79 Å². The van der Waals surface area contributed by atoms with Gasteiger partial charge in [-0.25, -0.2) is 4.98 Å². The first-order valence-electron chi connectivity index (χ1n) is 7.58. The van der Waals surface area contributed by atoms with E-state index < -0.39 is 0 Å². The van der Waals surface area contributed by atoms with Crippen LogP contribution < -0.4 is 10.6 Å². The van der Waals surface area contributed by atoms with Gasteiger partial charge >= 0.3 is 0 Å². The highest BCUT2D eigenvalue weighted by Gasteiger charge is 2.14. The monoisotopic (exact) mass is 385 g/mol. The van der Waals surface area contributed by atoms with Crippen LogP contribution in [0, 0.1) is 6.92 Å². The number of pyridine rings is 1. The third kappa shape index (κ3) is 3.09. The molecule has 0 fully saturated rings. The number of nitrogens with zero attached hydrogens (tertiary/aromatic N) is 5. The maximum Gasteiger partial charge on any atom is 0.267 e. The topological polar surface area (TPSA) is 97.1 Å². The quantitative estimate of drug-likeness (QED) is 0.557. The molecule has 0 aliphatic carbocycles. The molecule has 4 aromatic rings. The van der Waals surface area contributed by atoms with Gasteiger partial charge in [0, 0.05) is 0 Å². The molecule has 0 bridgehead atoms. The van der Waals surface area contributed by atoms with Gasteiger partial charge in [-0.3, -0.25) is 4.79 Å². The zero-order chi connectivity index (χ0) is 18.1. The van der Waals surface area contributed by atoms with E-state index in [0.717, 1.165) is 5.56 Å². The molecule has 130 valence electrons. The van der Waals surface area contributed by atoms with Crippen LogP contribution in [0.3, 0.4) is 0 Å². The molecule has 3 aromatic heterocycles. The summed E-state index contributed by atoms with van der Waals surface area (Å²) in [5.74, 6) is 0.378. The molecule has 0 spiro atoms. The fourth-order valence-corrected chi connectivity index (χ4v) is 3.36. The Morgan fingerprint density at radius 1 is 1.23 bits per heavy atom. The van der Waals surface area contributed by atoms with Gasteiger partial charge in [0.25, 0.3) is 5.91 Å².